The van der Waals surface area contributed by atoms with Gasteiger partial charge in [-0.15, -0.1) is 0 Å². The van der Waals surface area contributed by atoms with Crippen molar-refractivity contribution in [3.05, 3.63) is 39.9 Å². The fraction of sp³-hybridized carbons (Fsp3) is 0.400. The summed E-state index contributed by atoms with van der Waals surface area (Å²) in [4.78, 5) is 13.1. The Morgan fingerprint density at radius 3 is 2.62 bits per heavy atom. The summed E-state index contributed by atoms with van der Waals surface area (Å²) in [6.07, 6.45) is 3.23. The molecule has 0 amide bonds. The molecule has 0 aliphatic rings. The van der Waals surface area contributed by atoms with E-state index in [1.165, 1.54) is 0 Å². The van der Waals surface area contributed by atoms with Gasteiger partial charge in [0.05, 0.1) is 17.3 Å². The van der Waals surface area contributed by atoms with Crippen LogP contribution in [0.5, 0.6) is 5.88 Å². The molecule has 21 heavy (non-hydrogen) atoms. The van der Waals surface area contributed by atoms with Crippen molar-refractivity contribution in [1.29, 1.82) is 0 Å². The van der Waals surface area contributed by atoms with Crippen molar-refractivity contribution in [2.75, 3.05) is 12.8 Å². The third-order valence-corrected chi connectivity index (χ3v) is 3.83. The average Bonchev–Trinajstić information content (AvgIpc) is 2.44. The average molecular weight is 351 g/mol. The van der Waals surface area contributed by atoms with Crippen LogP contribution < -0.4 is 10.5 Å². The lowest BCUT2D eigenvalue weighted by molar-refractivity contribution is 0.397. The second kappa shape index (κ2) is 6.85. The maximum atomic E-state index is 5.96. The van der Waals surface area contributed by atoms with Crippen LogP contribution in [0.3, 0.4) is 0 Å². The number of hydrogen-bond donors (Lipinski definition) is 1. The summed E-state index contributed by atoms with van der Waals surface area (Å²) < 4.78 is 5.85. The smallest absolute Gasteiger partial charge is 0.212 e. The highest BCUT2D eigenvalue weighted by atomic mass is 79.9. The van der Waals surface area contributed by atoms with Crippen LogP contribution in [-0.4, -0.2) is 22.1 Å². The molecule has 0 saturated heterocycles. The number of nitrogen functional groups attached to an aromatic ring is 1. The predicted octanol–water partition coefficient (Wildman–Crippen LogP) is 3.01. The third kappa shape index (κ3) is 4.14. The Bertz CT molecular complexity index is 614. The van der Waals surface area contributed by atoms with Crippen molar-refractivity contribution in [3.8, 4) is 5.88 Å². The molecule has 5 nitrogen and oxygen atoms in total. The van der Waals surface area contributed by atoms with Crippen LogP contribution in [0.25, 0.3) is 0 Å². The van der Waals surface area contributed by atoms with Crippen molar-refractivity contribution in [3.63, 3.8) is 0 Å². The highest BCUT2D eigenvalue weighted by Gasteiger charge is 2.12. The monoisotopic (exact) mass is 350 g/mol. The highest BCUT2D eigenvalue weighted by molar-refractivity contribution is 9.10. The summed E-state index contributed by atoms with van der Waals surface area (Å²) in [5, 5.41) is 0. The van der Waals surface area contributed by atoms with E-state index in [2.05, 4.69) is 44.7 Å². The Balaban J connectivity index is 2.24. The Morgan fingerprint density at radius 2 is 2.05 bits per heavy atom. The van der Waals surface area contributed by atoms with E-state index in [0.29, 0.717) is 29.9 Å². The van der Waals surface area contributed by atoms with Crippen LogP contribution in [0.4, 0.5) is 5.82 Å². The molecule has 2 rings (SSSR count). The summed E-state index contributed by atoms with van der Waals surface area (Å²) in [5.41, 5.74) is 7.94. The zero-order valence-corrected chi connectivity index (χ0v) is 14.0. The summed E-state index contributed by atoms with van der Waals surface area (Å²) in [5.74, 6) is 2.29. The SMILES string of the molecule is COc1ccc(Cc2nc(N)c(Br)c(CC(C)C)n2)cn1. The lowest BCUT2D eigenvalue weighted by atomic mass is 10.1. The Labute approximate surface area is 133 Å². The molecule has 2 aromatic rings. The van der Waals surface area contributed by atoms with Gasteiger partial charge < -0.3 is 10.5 Å². The lowest BCUT2D eigenvalue weighted by Crippen LogP contribution is -2.08. The quantitative estimate of drug-likeness (QED) is 0.896. The van der Waals surface area contributed by atoms with Crippen molar-refractivity contribution in [2.24, 2.45) is 5.92 Å². The van der Waals surface area contributed by atoms with E-state index < -0.39 is 0 Å². The summed E-state index contributed by atoms with van der Waals surface area (Å²) in [6, 6.07) is 3.78. The number of nitrogens with two attached hydrogens (primary N) is 1. The van der Waals surface area contributed by atoms with E-state index in [4.69, 9.17) is 10.5 Å². The number of ether oxygens (including phenoxy) is 1. The third-order valence-electron chi connectivity index (χ3n) is 2.96. The van der Waals surface area contributed by atoms with Gasteiger partial charge in [0.1, 0.15) is 11.6 Å². The van der Waals surface area contributed by atoms with E-state index in [1.54, 1.807) is 13.3 Å². The fourth-order valence-corrected chi connectivity index (χ4v) is 2.32. The number of nitrogens with zero attached hydrogens (tertiary/aromatic N) is 3. The second-order valence-electron chi connectivity index (χ2n) is 5.27. The largest absolute Gasteiger partial charge is 0.481 e. The Morgan fingerprint density at radius 1 is 1.29 bits per heavy atom. The number of halogens is 1. The first-order valence-corrected chi connectivity index (χ1v) is 7.58. The Hall–Kier alpha value is -1.69. The van der Waals surface area contributed by atoms with Gasteiger partial charge in [0.25, 0.3) is 0 Å². The first-order chi connectivity index (χ1) is 9.99. The molecule has 0 spiro atoms. The maximum Gasteiger partial charge on any atom is 0.212 e. The number of methoxy groups -OCH3 is 1. The summed E-state index contributed by atoms with van der Waals surface area (Å²) >= 11 is 3.47. The molecule has 2 heterocycles. The highest BCUT2D eigenvalue weighted by Crippen LogP contribution is 2.24. The van der Waals surface area contributed by atoms with Crippen LogP contribution in [0.1, 0.15) is 30.9 Å². The molecule has 0 fully saturated rings. The van der Waals surface area contributed by atoms with Crippen molar-refractivity contribution in [2.45, 2.75) is 26.7 Å². The molecule has 0 aliphatic carbocycles. The van der Waals surface area contributed by atoms with Gasteiger partial charge in [-0.2, -0.15) is 0 Å². The maximum absolute atomic E-state index is 5.96. The van der Waals surface area contributed by atoms with Gasteiger partial charge >= 0.3 is 0 Å². The minimum atomic E-state index is 0.483. The number of anilines is 1. The van der Waals surface area contributed by atoms with Crippen LogP contribution in [0.15, 0.2) is 22.8 Å². The van der Waals surface area contributed by atoms with Gasteiger partial charge in [0.15, 0.2) is 0 Å². The lowest BCUT2D eigenvalue weighted by Gasteiger charge is -2.11. The molecular weight excluding hydrogens is 332 g/mol. The molecule has 6 heteroatoms. The molecule has 0 bridgehead atoms. The van der Waals surface area contributed by atoms with E-state index in [0.717, 1.165) is 22.2 Å². The molecule has 0 atom stereocenters. The zero-order valence-electron chi connectivity index (χ0n) is 12.4. The summed E-state index contributed by atoms with van der Waals surface area (Å²) in [6.45, 7) is 4.30. The Kier molecular flexibility index (Phi) is 5.12. The minimum Gasteiger partial charge on any atom is -0.481 e. The molecular formula is C15H19BrN4O. The topological polar surface area (TPSA) is 73.9 Å². The van der Waals surface area contributed by atoms with Crippen molar-refractivity contribution < 1.29 is 4.74 Å². The van der Waals surface area contributed by atoms with Crippen molar-refractivity contribution in [1.82, 2.24) is 15.0 Å². The minimum absolute atomic E-state index is 0.483. The number of hydrogen-bond acceptors (Lipinski definition) is 5. The van der Waals surface area contributed by atoms with Crippen LogP contribution in [0, 0.1) is 5.92 Å². The molecule has 112 valence electrons. The van der Waals surface area contributed by atoms with E-state index >= 15 is 0 Å². The normalized spacial score (nSPS) is 10.9. The first kappa shape index (κ1) is 15.7. The van der Waals surface area contributed by atoms with Gasteiger partial charge in [-0.1, -0.05) is 19.9 Å². The van der Waals surface area contributed by atoms with E-state index in [9.17, 15) is 0 Å². The molecule has 2 aromatic heterocycles. The van der Waals surface area contributed by atoms with Crippen LogP contribution in [-0.2, 0) is 12.8 Å². The molecule has 0 aromatic carbocycles. The number of aromatic nitrogens is 3. The van der Waals surface area contributed by atoms with Gasteiger partial charge in [-0.3, -0.25) is 0 Å². The molecule has 0 saturated carbocycles. The number of pyridine rings is 1. The van der Waals surface area contributed by atoms with Crippen LogP contribution in [0.2, 0.25) is 0 Å². The molecule has 0 radical (unpaired) electrons. The summed E-state index contributed by atoms with van der Waals surface area (Å²) in [7, 11) is 1.60. The van der Waals surface area contributed by atoms with E-state index in [1.807, 2.05) is 12.1 Å². The second-order valence-corrected chi connectivity index (χ2v) is 6.06. The van der Waals surface area contributed by atoms with Gasteiger partial charge in [0, 0.05) is 18.7 Å². The molecule has 2 N–H and O–H groups in total. The molecule has 0 unspecified atom stereocenters. The zero-order chi connectivity index (χ0) is 15.4. The standard InChI is InChI=1S/C15H19BrN4O/c1-9(2)6-11-14(16)15(17)20-12(19-11)7-10-4-5-13(21-3)18-8-10/h4-5,8-9H,6-7H2,1-3H3,(H2,17,19,20). The number of rotatable bonds is 5. The predicted molar refractivity (Wildman–Crippen MR) is 86.3 cm³/mol. The fourth-order valence-electron chi connectivity index (χ4n) is 1.99. The van der Waals surface area contributed by atoms with E-state index in [-0.39, 0.29) is 0 Å². The van der Waals surface area contributed by atoms with Crippen molar-refractivity contribution >= 4 is 21.7 Å². The first-order valence-electron chi connectivity index (χ1n) is 6.79. The van der Waals surface area contributed by atoms with Crippen LogP contribution >= 0.6 is 15.9 Å². The molecule has 0 aliphatic heterocycles. The van der Waals surface area contributed by atoms with Gasteiger partial charge in [-0.05, 0) is 33.8 Å². The van der Waals surface area contributed by atoms with Gasteiger partial charge in [-0.25, -0.2) is 15.0 Å². The van der Waals surface area contributed by atoms with Gasteiger partial charge in [0.2, 0.25) is 5.88 Å².